The fourth-order valence-electron chi connectivity index (χ4n) is 1.67. The molecule has 0 unspecified atom stereocenters. The van der Waals surface area contributed by atoms with Crippen LogP contribution < -0.4 is 0 Å². The van der Waals surface area contributed by atoms with Crippen molar-refractivity contribution in [3.63, 3.8) is 0 Å². The minimum Gasteiger partial charge on any atom is -0.393 e. The van der Waals surface area contributed by atoms with E-state index in [0.717, 1.165) is 25.7 Å². The van der Waals surface area contributed by atoms with E-state index in [0.29, 0.717) is 0 Å². The van der Waals surface area contributed by atoms with Gasteiger partial charge >= 0.3 is 0 Å². The number of carbonyl (C=O) groups is 1. The quantitative estimate of drug-likeness (QED) is 0.642. The molecule has 1 aliphatic rings. The zero-order chi connectivity index (χ0) is 9.84. The Bertz CT molecular complexity index is 176. The summed E-state index contributed by atoms with van der Waals surface area (Å²) in [7, 11) is 3.10. The Morgan fingerprint density at radius 2 is 1.92 bits per heavy atom. The topological polar surface area (TPSA) is 49.8 Å². The van der Waals surface area contributed by atoms with Crippen molar-refractivity contribution in [3.05, 3.63) is 0 Å². The molecule has 0 aromatic heterocycles. The summed E-state index contributed by atoms with van der Waals surface area (Å²) in [6, 6.07) is 0. The number of rotatable bonds is 2. The third kappa shape index (κ3) is 2.67. The summed E-state index contributed by atoms with van der Waals surface area (Å²) in [5.41, 5.74) is 0. The van der Waals surface area contributed by atoms with E-state index in [4.69, 9.17) is 4.84 Å². The Hall–Kier alpha value is -0.610. The summed E-state index contributed by atoms with van der Waals surface area (Å²) < 4.78 is 0. The molecule has 0 aliphatic heterocycles. The molecule has 4 heteroatoms. The van der Waals surface area contributed by atoms with Crippen molar-refractivity contribution in [1.29, 1.82) is 0 Å². The lowest BCUT2D eigenvalue weighted by Gasteiger charge is -2.27. The van der Waals surface area contributed by atoms with Crippen LogP contribution in [0.5, 0.6) is 0 Å². The predicted molar refractivity (Wildman–Crippen MR) is 47.7 cm³/mol. The number of aliphatic hydroxyl groups excluding tert-OH is 1. The lowest BCUT2D eigenvalue weighted by molar-refractivity contribution is -0.175. The highest BCUT2D eigenvalue weighted by Gasteiger charge is 2.27. The molecule has 4 nitrogen and oxygen atoms in total. The van der Waals surface area contributed by atoms with Crippen LogP contribution in [0.25, 0.3) is 0 Å². The summed E-state index contributed by atoms with van der Waals surface area (Å²) in [6.45, 7) is 0. The first-order valence-electron chi connectivity index (χ1n) is 4.65. The van der Waals surface area contributed by atoms with Gasteiger partial charge in [0.15, 0.2) is 0 Å². The van der Waals surface area contributed by atoms with E-state index in [1.54, 1.807) is 7.05 Å². The van der Waals surface area contributed by atoms with Crippen LogP contribution in [-0.2, 0) is 9.63 Å². The third-order valence-electron chi connectivity index (χ3n) is 2.63. The summed E-state index contributed by atoms with van der Waals surface area (Å²) >= 11 is 0. The first kappa shape index (κ1) is 10.5. The molecule has 0 heterocycles. The molecule has 0 aromatic carbocycles. The van der Waals surface area contributed by atoms with Gasteiger partial charge in [-0.1, -0.05) is 0 Å². The highest BCUT2D eigenvalue weighted by molar-refractivity contribution is 5.77. The Morgan fingerprint density at radius 1 is 1.38 bits per heavy atom. The second-order valence-electron chi connectivity index (χ2n) is 3.52. The van der Waals surface area contributed by atoms with Crippen LogP contribution >= 0.6 is 0 Å². The summed E-state index contributed by atoms with van der Waals surface area (Å²) in [5.74, 6) is 0.0581. The fourth-order valence-corrected chi connectivity index (χ4v) is 1.67. The molecule has 1 fully saturated rings. The lowest BCUT2D eigenvalue weighted by atomic mass is 9.87. The van der Waals surface area contributed by atoms with E-state index in [-0.39, 0.29) is 17.9 Å². The third-order valence-corrected chi connectivity index (χ3v) is 2.63. The van der Waals surface area contributed by atoms with Crippen molar-refractivity contribution >= 4 is 5.91 Å². The molecule has 1 aliphatic carbocycles. The maximum atomic E-state index is 11.6. The Balaban J connectivity index is 2.40. The van der Waals surface area contributed by atoms with Gasteiger partial charge in [0.2, 0.25) is 5.91 Å². The van der Waals surface area contributed by atoms with Crippen molar-refractivity contribution in [1.82, 2.24) is 5.06 Å². The van der Waals surface area contributed by atoms with Gasteiger partial charge < -0.3 is 5.11 Å². The van der Waals surface area contributed by atoms with Crippen LogP contribution in [0.3, 0.4) is 0 Å². The van der Waals surface area contributed by atoms with E-state index in [1.807, 2.05) is 0 Å². The predicted octanol–water partition coefficient (Wildman–Crippen LogP) is 0.557. The molecule has 13 heavy (non-hydrogen) atoms. The van der Waals surface area contributed by atoms with E-state index in [1.165, 1.54) is 12.2 Å². The summed E-state index contributed by atoms with van der Waals surface area (Å²) in [4.78, 5) is 16.4. The van der Waals surface area contributed by atoms with E-state index in [9.17, 15) is 9.90 Å². The van der Waals surface area contributed by atoms with Crippen molar-refractivity contribution in [2.45, 2.75) is 31.8 Å². The highest BCUT2D eigenvalue weighted by Crippen LogP contribution is 2.25. The molecule has 0 spiro atoms. The molecule has 0 bridgehead atoms. The lowest BCUT2D eigenvalue weighted by Crippen LogP contribution is -2.35. The molecule has 76 valence electrons. The second kappa shape index (κ2) is 4.58. The largest absolute Gasteiger partial charge is 0.393 e. The standard InChI is InChI=1S/C9H17NO3/c1-10(13-2)9(12)7-3-5-8(11)6-4-7/h7-8,11H,3-6H2,1-2H3/t7-,8-. The van der Waals surface area contributed by atoms with Crippen LogP contribution in [-0.4, -0.2) is 36.3 Å². The zero-order valence-electron chi connectivity index (χ0n) is 8.19. The second-order valence-corrected chi connectivity index (χ2v) is 3.52. The molecule has 1 saturated carbocycles. The van der Waals surface area contributed by atoms with E-state index < -0.39 is 0 Å². The molecule has 1 rings (SSSR count). The summed E-state index contributed by atoms with van der Waals surface area (Å²) in [5, 5.41) is 10.5. The van der Waals surface area contributed by atoms with Crippen molar-refractivity contribution in [2.24, 2.45) is 5.92 Å². The van der Waals surface area contributed by atoms with Crippen molar-refractivity contribution in [2.75, 3.05) is 14.2 Å². The van der Waals surface area contributed by atoms with Crippen LogP contribution in [0.2, 0.25) is 0 Å². The van der Waals surface area contributed by atoms with E-state index in [2.05, 4.69) is 0 Å². The average Bonchev–Trinajstić information content (AvgIpc) is 2.17. The van der Waals surface area contributed by atoms with Gasteiger partial charge in [0.1, 0.15) is 0 Å². The SMILES string of the molecule is CON(C)C(=O)[C@H]1CC[C@H](O)CC1. The number of hydrogen-bond donors (Lipinski definition) is 1. The van der Waals surface area contributed by atoms with E-state index >= 15 is 0 Å². The van der Waals surface area contributed by atoms with Gasteiger partial charge in [-0.15, -0.1) is 0 Å². The van der Waals surface area contributed by atoms with Gasteiger partial charge in [0, 0.05) is 13.0 Å². The normalized spacial score (nSPS) is 28.5. The van der Waals surface area contributed by atoms with Gasteiger partial charge in [-0.05, 0) is 25.7 Å². The van der Waals surface area contributed by atoms with Gasteiger partial charge in [-0.25, -0.2) is 5.06 Å². The maximum absolute atomic E-state index is 11.6. The van der Waals surface area contributed by atoms with Crippen LogP contribution in [0.4, 0.5) is 0 Å². The minimum absolute atomic E-state index is 0.0226. The van der Waals surface area contributed by atoms with Crippen LogP contribution in [0.15, 0.2) is 0 Å². The van der Waals surface area contributed by atoms with Crippen LogP contribution in [0, 0.1) is 5.92 Å². The number of amides is 1. The van der Waals surface area contributed by atoms with Gasteiger partial charge in [0.05, 0.1) is 13.2 Å². The number of nitrogens with zero attached hydrogens (tertiary/aromatic N) is 1. The highest BCUT2D eigenvalue weighted by atomic mass is 16.7. The monoisotopic (exact) mass is 187 g/mol. The maximum Gasteiger partial charge on any atom is 0.248 e. The Labute approximate surface area is 78.4 Å². The fraction of sp³-hybridized carbons (Fsp3) is 0.889. The van der Waals surface area contributed by atoms with Gasteiger partial charge in [-0.2, -0.15) is 0 Å². The van der Waals surface area contributed by atoms with Gasteiger partial charge in [-0.3, -0.25) is 9.63 Å². The molecule has 0 radical (unpaired) electrons. The number of hydroxylamine groups is 2. The number of aliphatic hydroxyl groups is 1. The Kier molecular flexibility index (Phi) is 3.69. The first-order valence-corrected chi connectivity index (χ1v) is 4.65. The molecule has 0 atom stereocenters. The average molecular weight is 187 g/mol. The molecule has 0 saturated heterocycles. The van der Waals surface area contributed by atoms with Crippen molar-refractivity contribution in [3.8, 4) is 0 Å². The number of hydrogen-bond acceptors (Lipinski definition) is 3. The Morgan fingerprint density at radius 3 is 2.38 bits per heavy atom. The molecular weight excluding hydrogens is 170 g/mol. The molecular formula is C9H17NO3. The number of carbonyl (C=O) groups excluding carboxylic acids is 1. The minimum atomic E-state index is -0.211. The molecule has 0 aromatic rings. The summed E-state index contributed by atoms with van der Waals surface area (Å²) in [6.07, 6.45) is 2.79. The smallest absolute Gasteiger partial charge is 0.248 e. The molecule has 1 N–H and O–H groups in total. The zero-order valence-corrected chi connectivity index (χ0v) is 8.19. The molecule has 1 amide bonds. The van der Waals surface area contributed by atoms with Crippen molar-refractivity contribution < 1.29 is 14.7 Å². The van der Waals surface area contributed by atoms with Gasteiger partial charge in [0.25, 0.3) is 0 Å². The first-order chi connectivity index (χ1) is 6.15. The van der Waals surface area contributed by atoms with Crippen LogP contribution in [0.1, 0.15) is 25.7 Å².